The summed E-state index contributed by atoms with van der Waals surface area (Å²) in [6.45, 7) is 5.31. The predicted octanol–water partition coefficient (Wildman–Crippen LogP) is -0.205. The summed E-state index contributed by atoms with van der Waals surface area (Å²) in [5, 5.41) is 23.1. The lowest BCUT2D eigenvalue weighted by molar-refractivity contribution is -0.165. The van der Waals surface area contributed by atoms with Crippen LogP contribution in [-0.4, -0.2) is 45.7 Å². The smallest absolute Gasteiger partial charge is 0.336 e. The van der Waals surface area contributed by atoms with E-state index in [0.29, 0.717) is 6.42 Å². The Bertz CT molecular complexity index is 474. The van der Waals surface area contributed by atoms with Crippen molar-refractivity contribution in [2.75, 3.05) is 0 Å². The third kappa shape index (κ3) is 4.13. The largest absolute Gasteiger partial charge is 0.479 e. The van der Waals surface area contributed by atoms with Crippen molar-refractivity contribution < 1.29 is 19.8 Å². The number of aliphatic carboxylic acids is 1. The molecule has 0 radical (unpaired) electrons. The molecule has 1 rings (SSSR count). The van der Waals surface area contributed by atoms with Gasteiger partial charge in [0.05, 0.1) is 6.04 Å². The van der Waals surface area contributed by atoms with Crippen LogP contribution in [0.15, 0.2) is 4.99 Å². The van der Waals surface area contributed by atoms with Crippen LogP contribution in [0.2, 0.25) is 0 Å². The van der Waals surface area contributed by atoms with E-state index in [9.17, 15) is 19.8 Å². The molecule has 4 atom stereocenters. The molecule has 0 aromatic heterocycles. The summed E-state index contributed by atoms with van der Waals surface area (Å²) in [6, 6.07) is -1.06. The summed E-state index contributed by atoms with van der Waals surface area (Å²) >= 11 is 0. The van der Waals surface area contributed by atoms with Crippen molar-refractivity contribution in [2.24, 2.45) is 28.3 Å². The Morgan fingerprint density at radius 3 is 2.30 bits per heavy atom. The fraction of sp³-hybridized carbons (Fsp3) is 0.800. The fourth-order valence-corrected chi connectivity index (χ4v) is 3.69. The predicted molar refractivity (Wildman–Crippen MR) is 86.6 cm³/mol. The van der Waals surface area contributed by atoms with Gasteiger partial charge in [-0.05, 0) is 18.8 Å². The first-order valence-corrected chi connectivity index (χ1v) is 7.98. The van der Waals surface area contributed by atoms with Crippen molar-refractivity contribution in [1.29, 1.82) is 0 Å². The number of carbonyl (C=O) groups excluding carboxylic acids is 1. The molecule has 8 heteroatoms. The van der Waals surface area contributed by atoms with E-state index in [1.807, 2.05) is 13.8 Å². The maximum atomic E-state index is 11.7. The van der Waals surface area contributed by atoms with Gasteiger partial charge in [0, 0.05) is 18.9 Å². The summed E-state index contributed by atoms with van der Waals surface area (Å²) in [7, 11) is 0. The normalized spacial score (nSPS) is 28.4. The van der Waals surface area contributed by atoms with Crippen LogP contribution >= 0.6 is 0 Å². The van der Waals surface area contributed by atoms with Crippen molar-refractivity contribution in [3.05, 3.63) is 0 Å². The monoisotopic (exact) mass is 328 g/mol. The first-order valence-electron chi connectivity index (χ1n) is 7.98. The lowest BCUT2D eigenvalue weighted by Crippen LogP contribution is -2.57. The molecule has 7 N–H and O–H groups in total. The van der Waals surface area contributed by atoms with Gasteiger partial charge in [-0.2, -0.15) is 0 Å². The van der Waals surface area contributed by atoms with E-state index in [2.05, 4.69) is 10.3 Å². The van der Waals surface area contributed by atoms with E-state index in [0.717, 1.165) is 12.8 Å². The number of rotatable bonds is 7. The molecule has 0 bridgehead atoms. The van der Waals surface area contributed by atoms with Crippen LogP contribution in [0, 0.1) is 11.8 Å². The van der Waals surface area contributed by atoms with E-state index >= 15 is 0 Å². The topological polar surface area (TPSA) is 151 Å². The minimum Gasteiger partial charge on any atom is -0.479 e. The molecule has 1 amide bonds. The number of guanidine groups is 1. The molecule has 0 spiro atoms. The molecule has 0 aliphatic heterocycles. The van der Waals surface area contributed by atoms with Crippen LogP contribution in [0.1, 0.15) is 46.5 Å². The van der Waals surface area contributed by atoms with Crippen molar-refractivity contribution in [1.82, 2.24) is 5.32 Å². The molecule has 132 valence electrons. The maximum Gasteiger partial charge on any atom is 0.336 e. The minimum absolute atomic E-state index is 0.0181. The van der Waals surface area contributed by atoms with Crippen molar-refractivity contribution in [2.45, 2.75) is 64.1 Å². The van der Waals surface area contributed by atoms with Gasteiger partial charge in [-0.25, -0.2) is 9.79 Å². The molecule has 0 aromatic carbocycles. The number of hydrogen-bond acceptors (Lipinski definition) is 4. The number of nitrogens with one attached hydrogen (secondary N) is 1. The third-order valence-corrected chi connectivity index (χ3v) is 4.79. The summed E-state index contributed by atoms with van der Waals surface area (Å²) in [6.07, 6.45) is 1.87. The number of nitrogens with zero attached hydrogens (tertiary/aromatic N) is 1. The molecule has 1 fully saturated rings. The fourth-order valence-electron chi connectivity index (χ4n) is 3.69. The SMILES string of the molecule is CCC(CC)[C@H](NC(C)=O)C1C(N=C(N)N)CCC1(O)C(=O)O. The van der Waals surface area contributed by atoms with E-state index < -0.39 is 29.6 Å². The second kappa shape index (κ2) is 7.63. The highest BCUT2D eigenvalue weighted by Crippen LogP contribution is 2.43. The van der Waals surface area contributed by atoms with Gasteiger partial charge in [0.25, 0.3) is 0 Å². The zero-order chi connectivity index (χ0) is 17.8. The number of aliphatic hydroxyl groups is 1. The van der Waals surface area contributed by atoms with Gasteiger partial charge in [-0.3, -0.25) is 4.79 Å². The van der Waals surface area contributed by atoms with Gasteiger partial charge in [-0.15, -0.1) is 0 Å². The molecule has 0 heterocycles. The van der Waals surface area contributed by atoms with Crippen molar-refractivity contribution >= 4 is 17.8 Å². The van der Waals surface area contributed by atoms with Gasteiger partial charge in [0.1, 0.15) is 0 Å². The molecule has 0 saturated heterocycles. The molecule has 0 aromatic rings. The lowest BCUT2D eigenvalue weighted by atomic mass is 9.75. The molecular formula is C15H28N4O4. The van der Waals surface area contributed by atoms with Gasteiger partial charge in [0.15, 0.2) is 11.6 Å². The number of hydrogen-bond donors (Lipinski definition) is 5. The van der Waals surface area contributed by atoms with Crippen LogP contribution in [0.5, 0.6) is 0 Å². The average Bonchev–Trinajstić information content (AvgIpc) is 2.76. The molecule has 23 heavy (non-hydrogen) atoms. The van der Waals surface area contributed by atoms with E-state index in [1.54, 1.807) is 0 Å². The highest BCUT2D eigenvalue weighted by atomic mass is 16.4. The molecule has 3 unspecified atom stereocenters. The van der Waals surface area contributed by atoms with Gasteiger partial charge in [-0.1, -0.05) is 26.7 Å². The number of carbonyl (C=O) groups is 2. The molecule has 8 nitrogen and oxygen atoms in total. The molecular weight excluding hydrogens is 300 g/mol. The Kier molecular flexibility index (Phi) is 6.37. The Morgan fingerprint density at radius 1 is 1.35 bits per heavy atom. The van der Waals surface area contributed by atoms with E-state index in [1.165, 1.54) is 6.92 Å². The second-order valence-electron chi connectivity index (χ2n) is 6.22. The van der Waals surface area contributed by atoms with Crippen LogP contribution < -0.4 is 16.8 Å². The third-order valence-electron chi connectivity index (χ3n) is 4.79. The Balaban J connectivity index is 3.34. The zero-order valence-electron chi connectivity index (χ0n) is 14.0. The quantitative estimate of drug-likeness (QED) is 0.322. The van der Waals surface area contributed by atoms with Crippen molar-refractivity contribution in [3.8, 4) is 0 Å². The summed E-state index contributed by atoms with van der Waals surface area (Å²) in [4.78, 5) is 27.4. The summed E-state index contributed by atoms with van der Waals surface area (Å²) < 4.78 is 0. The highest BCUT2D eigenvalue weighted by Gasteiger charge is 2.57. The average molecular weight is 328 g/mol. The first-order chi connectivity index (χ1) is 10.7. The Morgan fingerprint density at radius 2 is 1.91 bits per heavy atom. The van der Waals surface area contributed by atoms with Gasteiger partial charge >= 0.3 is 5.97 Å². The van der Waals surface area contributed by atoms with Crippen LogP contribution in [0.3, 0.4) is 0 Å². The van der Waals surface area contributed by atoms with Gasteiger partial charge < -0.3 is 27.0 Å². The number of nitrogens with two attached hydrogens (primary N) is 2. The summed E-state index contributed by atoms with van der Waals surface area (Å²) in [5.41, 5.74) is 8.95. The van der Waals surface area contributed by atoms with Crippen LogP contribution in [-0.2, 0) is 9.59 Å². The highest BCUT2D eigenvalue weighted by molar-refractivity contribution is 5.80. The zero-order valence-corrected chi connectivity index (χ0v) is 14.0. The Labute approximate surface area is 136 Å². The van der Waals surface area contributed by atoms with Crippen molar-refractivity contribution in [3.63, 3.8) is 0 Å². The van der Waals surface area contributed by atoms with E-state index in [4.69, 9.17) is 11.5 Å². The standard InChI is InChI=1S/C15H28N4O4/c1-4-9(5-2)12(18-8(3)20)11-10(19-14(16)17)6-7-15(11,23)13(21)22/h9-12,23H,4-7H2,1-3H3,(H,18,20)(H,21,22)(H4,16,17,19)/t10?,11?,12-,15?/m0/s1. The number of aliphatic imine (C=N–C) groups is 1. The van der Waals surface area contributed by atoms with Crippen LogP contribution in [0.25, 0.3) is 0 Å². The number of amides is 1. The molecule has 1 saturated carbocycles. The molecule has 1 aliphatic rings. The van der Waals surface area contributed by atoms with Gasteiger partial charge in [0.2, 0.25) is 5.91 Å². The maximum absolute atomic E-state index is 11.7. The first kappa shape index (κ1) is 19.2. The Hall–Kier alpha value is -1.83. The van der Waals surface area contributed by atoms with E-state index in [-0.39, 0.29) is 24.2 Å². The number of carboxylic acid groups (broad SMARTS) is 1. The number of carboxylic acids is 1. The lowest BCUT2D eigenvalue weighted by Gasteiger charge is -2.38. The summed E-state index contributed by atoms with van der Waals surface area (Å²) in [5.74, 6) is -2.50. The molecule has 1 aliphatic carbocycles. The van der Waals surface area contributed by atoms with Crippen LogP contribution in [0.4, 0.5) is 0 Å². The second-order valence-corrected chi connectivity index (χ2v) is 6.22. The minimum atomic E-state index is -1.96.